The lowest BCUT2D eigenvalue weighted by Gasteiger charge is -2.20. The Hall–Kier alpha value is -8.98. The van der Waals surface area contributed by atoms with Crippen LogP contribution in [0.1, 0.15) is 0 Å². The van der Waals surface area contributed by atoms with Gasteiger partial charge in [-0.25, -0.2) is 0 Å². The molecule has 2 heteroatoms. The Labute approximate surface area is 393 Å². The minimum atomic E-state index is 1.14. The van der Waals surface area contributed by atoms with E-state index in [1.165, 1.54) is 120 Å². The van der Waals surface area contributed by atoms with Gasteiger partial charge in [0.15, 0.2) is 0 Å². The van der Waals surface area contributed by atoms with Gasteiger partial charge < -0.3 is 9.13 Å². The van der Waals surface area contributed by atoms with Crippen LogP contribution >= 0.6 is 0 Å². The molecule has 0 aliphatic heterocycles. The molecule has 14 aromatic rings. The van der Waals surface area contributed by atoms with Gasteiger partial charge in [-0.2, -0.15) is 0 Å². The van der Waals surface area contributed by atoms with Crippen molar-refractivity contribution < 1.29 is 0 Å². The molecular formula is C66H42N2. The number of rotatable bonds is 6. The number of para-hydroxylation sites is 6. The zero-order valence-electron chi connectivity index (χ0n) is 37.1. The quantitative estimate of drug-likeness (QED) is 0.147. The third-order valence-electron chi connectivity index (χ3n) is 14.3. The molecule has 2 nitrogen and oxygen atoms in total. The van der Waals surface area contributed by atoms with Gasteiger partial charge in [-0.15, -0.1) is 0 Å². The zero-order valence-corrected chi connectivity index (χ0v) is 37.1. The molecule has 0 saturated heterocycles. The summed E-state index contributed by atoms with van der Waals surface area (Å²) in [6, 6.07) is 94.0. The van der Waals surface area contributed by atoms with Crippen LogP contribution in [-0.4, -0.2) is 9.13 Å². The highest BCUT2D eigenvalue weighted by Crippen LogP contribution is 2.49. The number of nitrogens with zero attached hydrogens (tertiary/aromatic N) is 2. The maximum atomic E-state index is 2.50. The molecule has 2 aromatic heterocycles. The summed E-state index contributed by atoms with van der Waals surface area (Å²) in [5.74, 6) is 0. The highest BCUT2D eigenvalue weighted by molar-refractivity contribution is 6.25. The van der Waals surface area contributed by atoms with E-state index in [0.29, 0.717) is 0 Å². The van der Waals surface area contributed by atoms with E-state index in [1.54, 1.807) is 0 Å². The van der Waals surface area contributed by atoms with Gasteiger partial charge in [-0.1, -0.05) is 200 Å². The zero-order chi connectivity index (χ0) is 44.7. The molecule has 0 aliphatic carbocycles. The molecule has 0 bridgehead atoms. The van der Waals surface area contributed by atoms with Crippen LogP contribution in [-0.2, 0) is 0 Å². The van der Waals surface area contributed by atoms with Crippen molar-refractivity contribution in [3.05, 3.63) is 255 Å². The lowest BCUT2D eigenvalue weighted by atomic mass is 9.83. The summed E-state index contributed by atoms with van der Waals surface area (Å²) in [7, 11) is 0. The molecule has 0 N–H and O–H groups in total. The second-order valence-electron chi connectivity index (χ2n) is 17.9. The number of fused-ring (bicyclic) bond motifs is 9. The summed E-state index contributed by atoms with van der Waals surface area (Å²) in [5, 5.41) is 12.3. The Morgan fingerprint density at radius 1 is 0.221 bits per heavy atom. The van der Waals surface area contributed by atoms with Crippen LogP contribution in [0.25, 0.3) is 132 Å². The van der Waals surface area contributed by atoms with Crippen molar-refractivity contribution in [2.75, 3.05) is 0 Å². The molecular weight excluding hydrogens is 821 g/mol. The molecule has 316 valence electrons. The largest absolute Gasteiger partial charge is 0.309 e. The van der Waals surface area contributed by atoms with Gasteiger partial charge in [0.25, 0.3) is 0 Å². The van der Waals surface area contributed by atoms with Crippen LogP contribution in [0.3, 0.4) is 0 Å². The van der Waals surface area contributed by atoms with Crippen molar-refractivity contribution in [2.24, 2.45) is 0 Å². The molecule has 0 radical (unpaired) electrons. The fourth-order valence-electron chi connectivity index (χ4n) is 11.4. The van der Waals surface area contributed by atoms with Crippen molar-refractivity contribution in [3.63, 3.8) is 0 Å². The molecule has 68 heavy (non-hydrogen) atoms. The summed E-state index contributed by atoms with van der Waals surface area (Å²) in [4.78, 5) is 0. The van der Waals surface area contributed by atoms with Gasteiger partial charge in [0, 0.05) is 44.0 Å². The van der Waals surface area contributed by atoms with Crippen molar-refractivity contribution in [2.45, 2.75) is 0 Å². The number of hydrogen-bond donors (Lipinski definition) is 0. The summed E-state index contributed by atoms with van der Waals surface area (Å²) in [6.45, 7) is 0. The van der Waals surface area contributed by atoms with Gasteiger partial charge >= 0.3 is 0 Å². The lowest BCUT2D eigenvalue weighted by Crippen LogP contribution is -1.97. The van der Waals surface area contributed by atoms with Crippen molar-refractivity contribution in [1.82, 2.24) is 9.13 Å². The van der Waals surface area contributed by atoms with Gasteiger partial charge in [-0.3, -0.25) is 0 Å². The average molecular weight is 863 g/mol. The van der Waals surface area contributed by atoms with E-state index in [0.717, 1.165) is 11.4 Å². The summed E-state index contributed by atoms with van der Waals surface area (Å²) >= 11 is 0. The third-order valence-corrected chi connectivity index (χ3v) is 14.3. The van der Waals surface area contributed by atoms with E-state index >= 15 is 0 Å². The van der Waals surface area contributed by atoms with Crippen molar-refractivity contribution >= 4 is 75.9 Å². The number of hydrogen-bond acceptors (Lipinski definition) is 0. The van der Waals surface area contributed by atoms with E-state index in [1.807, 2.05) is 0 Å². The molecule has 0 saturated carbocycles. The molecule has 12 aromatic carbocycles. The van der Waals surface area contributed by atoms with E-state index in [-0.39, 0.29) is 0 Å². The summed E-state index contributed by atoms with van der Waals surface area (Å²) < 4.78 is 4.93. The van der Waals surface area contributed by atoms with E-state index in [2.05, 4.69) is 264 Å². The van der Waals surface area contributed by atoms with E-state index < -0.39 is 0 Å². The minimum Gasteiger partial charge on any atom is -0.309 e. The van der Waals surface area contributed by atoms with E-state index in [9.17, 15) is 0 Å². The Bertz CT molecular complexity index is 4080. The first-order chi connectivity index (χ1) is 33.8. The lowest BCUT2D eigenvalue weighted by molar-refractivity contribution is 1.18. The first kappa shape index (κ1) is 38.3. The summed E-state index contributed by atoms with van der Waals surface area (Å²) in [5.41, 5.74) is 16.7. The Morgan fingerprint density at radius 2 is 0.632 bits per heavy atom. The maximum absolute atomic E-state index is 2.50. The van der Waals surface area contributed by atoms with Gasteiger partial charge in [-0.05, 0) is 120 Å². The predicted molar refractivity (Wildman–Crippen MR) is 289 cm³/mol. The van der Waals surface area contributed by atoms with Crippen molar-refractivity contribution in [3.8, 4) is 55.9 Å². The van der Waals surface area contributed by atoms with Crippen LogP contribution in [0.2, 0.25) is 0 Å². The first-order valence-corrected chi connectivity index (χ1v) is 23.5. The molecule has 0 spiro atoms. The van der Waals surface area contributed by atoms with Crippen LogP contribution < -0.4 is 0 Å². The highest BCUT2D eigenvalue weighted by Gasteiger charge is 2.23. The van der Waals surface area contributed by atoms with Crippen LogP contribution in [0.5, 0.6) is 0 Å². The Kier molecular flexibility index (Phi) is 8.62. The SMILES string of the molecule is c1ccc(-c2cc(-c3c4cccc(-c5cccc6c7ccccc7n(-c7ccccc7)c56)c4cc4c(-c5cccc6c7ccccc7n(-c7ccccc7)c56)cccc34)c3ccccc3c2)cc1. The molecule has 0 amide bonds. The monoisotopic (exact) mass is 862 g/mol. The minimum absolute atomic E-state index is 1.14. The molecule has 0 atom stereocenters. The fraction of sp³-hybridized carbons (Fsp3) is 0. The fourth-order valence-corrected chi connectivity index (χ4v) is 11.4. The second kappa shape index (κ2) is 15.3. The first-order valence-electron chi connectivity index (χ1n) is 23.5. The molecule has 0 unspecified atom stereocenters. The van der Waals surface area contributed by atoms with E-state index in [4.69, 9.17) is 0 Å². The second-order valence-corrected chi connectivity index (χ2v) is 17.9. The molecule has 0 fully saturated rings. The summed E-state index contributed by atoms with van der Waals surface area (Å²) in [6.07, 6.45) is 0. The van der Waals surface area contributed by atoms with Gasteiger partial charge in [0.2, 0.25) is 0 Å². The highest BCUT2D eigenvalue weighted by atomic mass is 15.0. The molecule has 14 rings (SSSR count). The number of aromatic nitrogens is 2. The van der Waals surface area contributed by atoms with Crippen LogP contribution in [0.4, 0.5) is 0 Å². The van der Waals surface area contributed by atoms with Gasteiger partial charge in [0.1, 0.15) is 0 Å². The average Bonchev–Trinajstić information content (AvgIpc) is 3.94. The van der Waals surface area contributed by atoms with Gasteiger partial charge in [0.05, 0.1) is 22.1 Å². The maximum Gasteiger partial charge on any atom is 0.0619 e. The smallest absolute Gasteiger partial charge is 0.0619 e. The topological polar surface area (TPSA) is 9.86 Å². The predicted octanol–water partition coefficient (Wildman–Crippen LogP) is 18.0. The van der Waals surface area contributed by atoms with Crippen molar-refractivity contribution in [1.29, 1.82) is 0 Å². The van der Waals surface area contributed by atoms with Crippen LogP contribution in [0, 0.1) is 0 Å². The molecule has 0 aliphatic rings. The standard InChI is InChI=1S/C66H42N2/c1-4-20-43(21-5-1)45-40-44-22-10-11-27-48(44)61(41-45)64-53-32-16-30-49(55-34-18-36-57-51-28-12-14-38-62(51)67(65(55)57)46-23-6-2-7-24-46)59(53)42-60-50(31-17-33-54(60)64)56-35-19-37-58-52-29-13-15-39-63(52)68(66(56)58)47-25-8-3-9-26-47/h1-42H. The molecule has 2 heterocycles. The normalized spacial score (nSPS) is 11.8. The number of benzene rings is 12. The third kappa shape index (κ3) is 5.78. The Balaban J connectivity index is 1.16. The Morgan fingerprint density at radius 3 is 1.16 bits per heavy atom. The van der Waals surface area contributed by atoms with Crippen LogP contribution in [0.15, 0.2) is 255 Å².